The molecule has 1 atom stereocenters. The van der Waals surface area contributed by atoms with E-state index in [0.29, 0.717) is 11.1 Å². The number of rotatable bonds is 10. The Morgan fingerprint density at radius 2 is 1.81 bits per heavy atom. The van der Waals surface area contributed by atoms with E-state index in [0.717, 1.165) is 30.5 Å². The van der Waals surface area contributed by atoms with E-state index < -0.39 is 20.1 Å². The molecule has 1 fully saturated rings. The number of halogens is 3. The fourth-order valence-electron chi connectivity index (χ4n) is 4.53. The number of allylic oxidation sites excluding steroid dienone is 1. The highest BCUT2D eigenvalue weighted by atomic mass is 28.4. The van der Waals surface area contributed by atoms with Crippen molar-refractivity contribution in [3.63, 3.8) is 0 Å². The summed E-state index contributed by atoms with van der Waals surface area (Å²) in [7, 11) is -2.29. The van der Waals surface area contributed by atoms with E-state index in [2.05, 4.69) is 47.3 Å². The maximum Gasteiger partial charge on any atom is 0.416 e. The van der Waals surface area contributed by atoms with Crippen LogP contribution in [0.2, 0.25) is 11.1 Å². The predicted molar refractivity (Wildman–Crippen MR) is 124 cm³/mol. The fraction of sp³-hybridized carbons (Fsp3) is 0.600. The number of alkyl halides is 3. The van der Waals surface area contributed by atoms with Gasteiger partial charge in [0.2, 0.25) is 8.32 Å². The molecule has 1 aliphatic heterocycles. The molecule has 2 nitrogen and oxygen atoms in total. The first kappa shape index (κ1) is 25.7. The first-order chi connectivity index (χ1) is 14.5. The molecule has 0 saturated carbocycles. The summed E-state index contributed by atoms with van der Waals surface area (Å²) in [6.45, 7) is 15.6. The molecule has 1 aliphatic rings. The Hall–Kier alpha value is -1.53. The standard InChI is InChI=1S/C25H37F3O2Si/c1-7-8-9-10-11-15-24-20(6)23(30-31(24,18(2)3)19(4)5)17-29-22-14-12-13-21(16-22)25(26,27)28/h12-16,18-19,23H,6-11,17H2,1-5H3/b24-15-/t23-/m1/s1. The fourth-order valence-corrected chi connectivity index (χ4v) is 9.59. The van der Waals surface area contributed by atoms with Gasteiger partial charge in [-0.15, -0.1) is 0 Å². The van der Waals surface area contributed by atoms with E-state index in [-0.39, 0.29) is 18.5 Å². The summed E-state index contributed by atoms with van der Waals surface area (Å²) in [5.74, 6) is 0.199. The molecule has 0 aliphatic carbocycles. The molecule has 1 aromatic rings. The van der Waals surface area contributed by atoms with E-state index in [1.165, 1.54) is 30.5 Å². The molecular weight excluding hydrogens is 417 g/mol. The highest BCUT2D eigenvalue weighted by molar-refractivity contribution is 6.85. The van der Waals surface area contributed by atoms with Crippen molar-refractivity contribution in [2.45, 2.75) is 90.1 Å². The summed E-state index contributed by atoms with van der Waals surface area (Å²) in [6.07, 6.45) is 3.43. The van der Waals surface area contributed by atoms with Gasteiger partial charge in [0, 0.05) is 0 Å². The SMILES string of the molecule is C=C1/C(=C/CCCCCC)[Si](C(C)C)(C(C)C)O[C@@H]1COc1cccc(C(F)(F)F)c1. The minimum absolute atomic E-state index is 0.168. The molecule has 6 heteroatoms. The third-order valence-electron chi connectivity index (χ3n) is 6.18. The third-order valence-corrected chi connectivity index (χ3v) is 11.6. The normalized spacial score (nSPS) is 20.3. The molecular formula is C25H37F3O2Si. The summed E-state index contributed by atoms with van der Waals surface area (Å²) in [5, 5.41) is 1.27. The van der Waals surface area contributed by atoms with Crippen molar-refractivity contribution >= 4 is 8.32 Å². The highest BCUT2D eigenvalue weighted by Gasteiger charge is 2.53. The van der Waals surface area contributed by atoms with Gasteiger partial charge in [-0.1, -0.05) is 72.6 Å². The Labute approximate surface area is 186 Å². The van der Waals surface area contributed by atoms with Crippen LogP contribution in [0.25, 0.3) is 0 Å². The molecule has 0 amide bonds. The van der Waals surface area contributed by atoms with Crippen LogP contribution in [0.5, 0.6) is 5.75 Å². The van der Waals surface area contributed by atoms with Crippen molar-refractivity contribution in [3.8, 4) is 5.75 Å². The summed E-state index contributed by atoms with van der Waals surface area (Å²) in [4.78, 5) is 0. The van der Waals surface area contributed by atoms with Gasteiger partial charge in [0.1, 0.15) is 18.5 Å². The van der Waals surface area contributed by atoms with Gasteiger partial charge in [0.15, 0.2) is 0 Å². The largest absolute Gasteiger partial charge is 0.491 e. The molecule has 0 spiro atoms. The summed E-state index contributed by atoms with van der Waals surface area (Å²) >= 11 is 0. The maximum atomic E-state index is 13.0. The van der Waals surface area contributed by atoms with Crippen molar-refractivity contribution in [2.24, 2.45) is 0 Å². The Morgan fingerprint density at radius 1 is 1.13 bits per heavy atom. The number of unbranched alkanes of at least 4 members (excludes halogenated alkanes) is 4. The lowest BCUT2D eigenvalue weighted by Gasteiger charge is -2.35. The Kier molecular flexibility index (Phi) is 9.01. The quantitative estimate of drug-likeness (QED) is 0.262. The van der Waals surface area contributed by atoms with Gasteiger partial charge < -0.3 is 9.16 Å². The van der Waals surface area contributed by atoms with Gasteiger partial charge in [-0.3, -0.25) is 0 Å². The van der Waals surface area contributed by atoms with E-state index in [1.807, 2.05) is 0 Å². The minimum Gasteiger partial charge on any atom is -0.491 e. The molecule has 31 heavy (non-hydrogen) atoms. The van der Waals surface area contributed by atoms with Gasteiger partial charge in [-0.05, 0) is 52.9 Å². The van der Waals surface area contributed by atoms with E-state index in [1.54, 1.807) is 6.07 Å². The number of hydrogen-bond donors (Lipinski definition) is 0. The predicted octanol–water partition coefficient (Wildman–Crippen LogP) is 8.24. The summed E-state index contributed by atoms with van der Waals surface area (Å²) < 4.78 is 51.5. The van der Waals surface area contributed by atoms with Crippen LogP contribution in [0.3, 0.4) is 0 Å². The second-order valence-corrected chi connectivity index (χ2v) is 13.7. The van der Waals surface area contributed by atoms with Crippen molar-refractivity contribution in [2.75, 3.05) is 6.61 Å². The zero-order valence-electron chi connectivity index (χ0n) is 19.5. The average molecular weight is 455 g/mol. The molecule has 0 unspecified atom stereocenters. The molecule has 0 radical (unpaired) electrons. The Balaban J connectivity index is 2.20. The zero-order chi connectivity index (χ0) is 23.2. The lowest BCUT2D eigenvalue weighted by Crippen LogP contribution is -2.44. The number of hydrogen-bond acceptors (Lipinski definition) is 2. The second-order valence-electron chi connectivity index (χ2n) is 9.04. The van der Waals surface area contributed by atoms with Crippen molar-refractivity contribution in [3.05, 3.63) is 53.3 Å². The summed E-state index contributed by atoms with van der Waals surface area (Å²) in [5.41, 5.74) is 0.961. The molecule has 1 heterocycles. The first-order valence-electron chi connectivity index (χ1n) is 11.4. The highest BCUT2D eigenvalue weighted by Crippen LogP contribution is 2.49. The number of benzene rings is 1. The van der Waals surface area contributed by atoms with E-state index >= 15 is 0 Å². The Bertz CT molecular complexity index is 760. The van der Waals surface area contributed by atoms with Gasteiger partial charge in [0.05, 0.1) is 5.56 Å². The molecule has 1 aromatic carbocycles. The molecule has 0 aromatic heterocycles. The van der Waals surface area contributed by atoms with Crippen LogP contribution >= 0.6 is 0 Å². The minimum atomic E-state index is -4.39. The second kappa shape index (κ2) is 10.9. The number of ether oxygens (including phenoxy) is 1. The van der Waals surface area contributed by atoms with Crippen LogP contribution in [-0.4, -0.2) is 21.0 Å². The lowest BCUT2D eigenvalue weighted by atomic mass is 10.1. The Morgan fingerprint density at radius 3 is 2.39 bits per heavy atom. The van der Waals surface area contributed by atoms with E-state index in [9.17, 15) is 13.2 Å². The summed E-state index contributed by atoms with van der Waals surface area (Å²) in [6, 6.07) is 5.00. The van der Waals surface area contributed by atoms with Gasteiger partial charge >= 0.3 is 6.18 Å². The van der Waals surface area contributed by atoms with Crippen LogP contribution in [0.15, 0.2) is 47.7 Å². The monoisotopic (exact) mass is 454 g/mol. The van der Waals surface area contributed by atoms with Crippen LogP contribution < -0.4 is 4.74 Å². The van der Waals surface area contributed by atoms with Gasteiger partial charge in [0.25, 0.3) is 0 Å². The van der Waals surface area contributed by atoms with Crippen molar-refractivity contribution < 1.29 is 22.3 Å². The average Bonchev–Trinajstić information content (AvgIpc) is 2.99. The smallest absolute Gasteiger partial charge is 0.416 e. The molecule has 0 N–H and O–H groups in total. The van der Waals surface area contributed by atoms with Crippen LogP contribution in [0.4, 0.5) is 13.2 Å². The molecule has 1 saturated heterocycles. The zero-order valence-corrected chi connectivity index (χ0v) is 20.5. The van der Waals surface area contributed by atoms with Crippen molar-refractivity contribution in [1.29, 1.82) is 0 Å². The topological polar surface area (TPSA) is 18.5 Å². The van der Waals surface area contributed by atoms with E-state index in [4.69, 9.17) is 9.16 Å². The molecule has 174 valence electrons. The van der Waals surface area contributed by atoms with Gasteiger partial charge in [-0.25, -0.2) is 0 Å². The third kappa shape index (κ3) is 6.04. The van der Waals surface area contributed by atoms with Crippen LogP contribution in [-0.2, 0) is 10.6 Å². The van der Waals surface area contributed by atoms with Crippen LogP contribution in [0.1, 0.15) is 72.3 Å². The lowest BCUT2D eigenvalue weighted by molar-refractivity contribution is -0.137. The first-order valence-corrected chi connectivity index (χ1v) is 13.5. The maximum absolute atomic E-state index is 13.0. The van der Waals surface area contributed by atoms with Crippen LogP contribution in [0, 0.1) is 0 Å². The van der Waals surface area contributed by atoms with Crippen molar-refractivity contribution in [1.82, 2.24) is 0 Å². The molecule has 0 bridgehead atoms. The molecule has 2 rings (SSSR count). The van der Waals surface area contributed by atoms with Gasteiger partial charge in [-0.2, -0.15) is 13.2 Å².